The number of aliphatic hydroxyl groups is 1. The third kappa shape index (κ3) is 5.48. The highest BCUT2D eigenvalue weighted by Gasteiger charge is 2.41. The predicted octanol–water partition coefficient (Wildman–Crippen LogP) is 3.38. The molecular formula is C27H32N2O6. The van der Waals surface area contributed by atoms with E-state index < -0.39 is 17.7 Å². The fourth-order valence-electron chi connectivity index (χ4n) is 4.96. The summed E-state index contributed by atoms with van der Waals surface area (Å²) in [5.41, 5.74) is 2.78. The average Bonchev–Trinajstić information content (AvgIpc) is 3.18. The van der Waals surface area contributed by atoms with Crippen molar-refractivity contribution in [3.63, 3.8) is 0 Å². The van der Waals surface area contributed by atoms with Gasteiger partial charge in [0, 0.05) is 25.4 Å². The summed E-state index contributed by atoms with van der Waals surface area (Å²) in [6.45, 7) is 2.80. The van der Waals surface area contributed by atoms with Crippen LogP contribution in [0, 0.1) is 5.92 Å². The lowest BCUT2D eigenvalue weighted by Gasteiger charge is -2.36. The van der Waals surface area contributed by atoms with Crippen LogP contribution in [0.25, 0.3) is 11.1 Å². The molecular weight excluding hydrogens is 448 g/mol. The Hall–Kier alpha value is -3.39. The lowest BCUT2D eigenvalue weighted by Crippen LogP contribution is -2.54. The highest BCUT2D eigenvalue weighted by atomic mass is 16.5. The summed E-state index contributed by atoms with van der Waals surface area (Å²) in [6.07, 6.45) is 0.862. The zero-order valence-corrected chi connectivity index (χ0v) is 19.9. The molecule has 3 N–H and O–H groups in total. The largest absolute Gasteiger partial charge is 0.479 e. The lowest BCUT2D eigenvalue weighted by molar-refractivity contribution is -0.166. The number of piperidine rings is 1. The second-order valence-corrected chi connectivity index (χ2v) is 9.61. The number of ether oxygens (including phenoxy) is 1. The molecule has 2 aromatic rings. The minimum absolute atomic E-state index is 0.00261. The van der Waals surface area contributed by atoms with E-state index in [9.17, 15) is 24.6 Å². The van der Waals surface area contributed by atoms with E-state index >= 15 is 0 Å². The number of alkyl carbamates (subject to hydrolysis) is 1. The molecule has 0 bridgehead atoms. The van der Waals surface area contributed by atoms with Crippen molar-refractivity contribution in [2.45, 2.75) is 44.1 Å². The van der Waals surface area contributed by atoms with Crippen LogP contribution in [0.3, 0.4) is 0 Å². The summed E-state index contributed by atoms with van der Waals surface area (Å²) in [7, 11) is 0. The summed E-state index contributed by atoms with van der Waals surface area (Å²) in [4.78, 5) is 37.6. The molecule has 8 heteroatoms. The Morgan fingerprint density at radius 1 is 1.11 bits per heavy atom. The average molecular weight is 481 g/mol. The summed E-state index contributed by atoms with van der Waals surface area (Å²) in [5.74, 6) is -1.45. The first-order valence-corrected chi connectivity index (χ1v) is 12.1. The number of aliphatic carboxylic acids is 1. The van der Waals surface area contributed by atoms with E-state index in [1.807, 2.05) is 31.2 Å². The number of likely N-dealkylation sites (tertiary alicyclic amines) is 1. The van der Waals surface area contributed by atoms with Gasteiger partial charge in [-0.3, -0.25) is 4.79 Å². The van der Waals surface area contributed by atoms with Gasteiger partial charge in [-0.05, 0) is 47.4 Å². The fourth-order valence-corrected chi connectivity index (χ4v) is 4.96. The third-order valence-corrected chi connectivity index (χ3v) is 7.01. The number of β-amino-alcohol motifs (C(OH)–C–C–N with tert-alkyl or cyclic N) is 1. The molecule has 8 nitrogen and oxygen atoms in total. The Morgan fingerprint density at radius 3 is 2.37 bits per heavy atom. The van der Waals surface area contributed by atoms with E-state index in [2.05, 4.69) is 29.6 Å². The number of carbonyl (C=O) groups is 3. The number of fused-ring (bicyclic) bond motifs is 3. The molecule has 0 aromatic heterocycles. The van der Waals surface area contributed by atoms with Crippen LogP contribution in [0.1, 0.15) is 49.7 Å². The third-order valence-electron chi connectivity index (χ3n) is 7.01. The van der Waals surface area contributed by atoms with Crippen LogP contribution >= 0.6 is 0 Å². The van der Waals surface area contributed by atoms with Crippen LogP contribution in [0.4, 0.5) is 4.79 Å². The maximum atomic E-state index is 12.5. The molecule has 35 heavy (non-hydrogen) atoms. The smallest absolute Gasteiger partial charge is 0.407 e. The van der Waals surface area contributed by atoms with Crippen molar-refractivity contribution in [2.24, 2.45) is 5.92 Å². The van der Waals surface area contributed by atoms with E-state index in [0.29, 0.717) is 25.9 Å². The molecule has 0 spiro atoms. The number of nitrogens with one attached hydrogen (secondary N) is 1. The molecule has 186 valence electrons. The Kier molecular flexibility index (Phi) is 7.40. The van der Waals surface area contributed by atoms with Gasteiger partial charge in [-0.2, -0.15) is 0 Å². The van der Waals surface area contributed by atoms with Gasteiger partial charge in [0.2, 0.25) is 5.91 Å². The van der Waals surface area contributed by atoms with E-state index in [0.717, 1.165) is 11.1 Å². The molecule has 1 saturated heterocycles. The van der Waals surface area contributed by atoms with Crippen molar-refractivity contribution >= 4 is 18.0 Å². The molecule has 0 saturated carbocycles. The van der Waals surface area contributed by atoms with Gasteiger partial charge in [0.05, 0.1) is 6.54 Å². The summed E-state index contributed by atoms with van der Waals surface area (Å²) in [5, 5.41) is 22.2. The number of benzene rings is 2. The fraction of sp³-hybridized carbons (Fsp3) is 0.444. The maximum absolute atomic E-state index is 12.5. The highest BCUT2D eigenvalue weighted by molar-refractivity contribution is 5.81. The van der Waals surface area contributed by atoms with E-state index in [4.69, 9.17) is 4.74 Å². The van der Waals surface area contributed by atoms with Gasteiger partial charge in [0.1, 0.15) is 6.61 Å². The first-order chi connectivity index (χ1) is 16.8. The topological polar surface area (TPSA) is 116 Å². The molecule has 2 atom stereocenters. The number of rotatable bonds is 8. The van der Waals surface area contributed by atoms with Crippen molar-refractivity contribution < 1.29 is 29.3 Å². The molecule has 2 unspecified atom stereocenters. The number of amides is 2. The number of hydrogen-bond acceptors (Lipinski definition) is 5. The molecule has 1 heterocycles. The second kappa shape index (κ2) is 10.5. The number of carboxylic acid groups (broad SMARTS) is 1. The van der Waals surface area contributed by atoms with Gasteiger partial charge in [-0.25, -0.2) is 9.59 Å². The standard InChI is InChI=1S/C27H32N2O6/c1-18(11-12-24(30)29-14-6-13-27(34,17-29)25(31)32)15-28-26(33)35-16-23-21-9-4-2-7-19(21)20-8-3-5-10-22(20)23/h2-5,7-10,18,23,34H,6,11-17H2,1H3,(H,28,33)(H,31,32). The van der Waals surface area contributed by atoms with Gasteiger partial charge in [0.15, 0.2) is 5.60 Å². The highest BCUT2D eigenvalue weighted by Crippen LogP contribution is 2.44. The molecule has 2 aliphatic rings. The predicted molar refractivity (Wildman–Crippen MR) is 130 cm³/mol. The summed E-state index contributed by atoms with van der Waals surface area (Å²) < 4.78 is 5.55. The Morgan fingerprint density at radius 2 is 1.74 bits per heavy atom. The SMILES string of the molecule is CC(CCC(=O)N1CCCC(O)(C(=O)O)C1)CNC(=O)OCC1c2ccccc2-c2ccccc21. The van der Waals surface area contributed by atoms with Gasteiger partial charge in [-0.1, -0.05) is 55.5 Å². The Labute approximate surface area is 204 Å². The molecule has 2 aromatic carbocycles. The first-order valence-electron chi connectivity index (χ1n) is 12.1. The van der Waals surface area contributed by atoms with Crippen molar-refractivity contribution in [3.05, 3.63) is 59.7 Å². The minimum Gasteiger partial charge on any atom is -0.479 e. The van der Waals surface area contributed by atoms with E-state index in [-0.39, 0.29) is 43.7 Å². The molecule has 1 fully saturated rings. The number of hydrogen-bond donors (Lipinski definition) is 3. The quantitative estimate of drug-likeness (QED) is 0.533. The monoisotopic (exact) mass is 480 g/mol. The minimum atomic E-state index is -1.87. The van der Waals surface area contributed by atoms with Gasteiger partial charge in [0.25, 0.3) is 0 Å². The van der Waals surface area contributed by atoms with Gasteiger partial charge in [-0.15, -0.1) is 0 Å². The number of carbonyl (C=O) groups excluding carboxylic acids is 2. The van der Waals surface area contributed by atoms with Crippen LogP contribution in [0.15, 0.2) is 48.5 Å². The number of carboxylic acids is 1. The molecule has 0 radical (unpaired) electrons. The Balaban J connectivity index is 1.21. The van der Waals surface area contributed by atoms with Crippen LogP contribution in [-0.2, 0) is 14.3 Å². The van der Waals surface area contributed by atoms with Gasteiger partial charge < -0.3 is 25.2 Å². The summed E-state index contributed by atoms with van der Waals surface area (Å²) >= 11 is 0. The zero-order chi connectivity index (χ0) is 25.0. The molecule has 2 amide bonds. The van der Waals surface area contributed by atoms with Crippen LogP contribution in [-0.4, -0.2) is 64.9 Å². The van der Waals surface area contributed by atoms with Crippen molar-refractivity contribution in [1.29, 1.82) is 0 Å². The van der Waals surface area contributed by atoms with Gasteiger partial charge >= 0.3 is 12.1 Å². The maximum Gasteiger partial charge on any atom is 0.407 e. The van der Waals surface area contributed by atoms with Crippen molar-refractivity contribution in [2.75, 3.05) is 26.2 Å². The molecule has 4 rings (SSSR count). The lowest BCUT2D eigenvalue weighted by atomic mass is 9.92. The van der Waals surface area contributed by atoms with Crippen molar-refractivity contribution in [1.82, 2.24) is 10.2 Å². The van der Waals surface area contributed by atoms with Crippen LogP contribution in [0.2, 0.25) is 0 Å². The number of nitrogens with zero attached hydrogens (tertiary/aromatic N) is 1. The van der Waals surface area contributed by atoms with Crippen molar-refractivity contribution in [3.8, 4) is 11.1 Å². The second-order valence-electron chi connectivity index (χ2n) is 9.61. The van der Waals surface area contributed by atoms with E-state index in [1.54, 1.807) is 0 Å². The first kappa shape index (κ1) is 24.7. The molecule has 1 aliphatic heterocycles. The van der Waals surface area contributed by atoms with Crippen LogP contribution < -0.4 is 5.32 Å². The molecule has 1 aliphatic carbocycles. The van der Waals surface area contributed by atoms with Crippen LogP contribution in [0.5, 0.6) is 0 Å². The Bertz CT molecular complexity index is 1060. The zero-order valence-electron chi connectivity index (χ0n) is 19.9. The summed E-state index contributed by atoms with van der Waals surface area (Å²) in [6, 6.07) is 16.3. The normalized spacial score (nSPS) is 20.0. The van der Waals surface area contributed by atoms with E-state index in [1.165, 1.54) is 16.0 Å².